The molecule has 3 rings (SSSR count). The predicted octanol–water partition coefficient (Wildman–Crippen LogP) is 2.27. The minimum atomic E-state index is -2.95. The molecule has 0 aromatic heterocycles. The first kappa shape index (κ1) is 22.5. The van der Waals surface area contributed by atoms with E-state index in [4.69, 9.17) is 11.6 Å². The largest absolute Gasteiger partial charge is 0.339 e. The van der Waals surface area contributed by atoms with Gasteiger partial charge in [-0.05, 0) is 37.1 Å². The second kappa shape index (κ2) is 10.2. The summed E-state index contributed by atoms with van der Waals surface area (Å²) >= 11 is 5.95. The van der Waals surface area contributed by atoms with Crippen LogP contribution in [0.15, 0.2) is 24.3 Å². The molecular weight excluding hydrogens is 410 g/mol. The fourth-order valence-electron chi connectivity index (χ4n) is 4.09. The molecule has 0 aliphatic carbocycles. The zero-order chi connectivity index (χ0) is 20.9. The number of hydrogen-bond acceptors (Lipinski definition) is 5. The standard InChI is InChI=1S/C21H32ClN3O3S/c1-2-3-9-25(20-8-14-29(27,28)17-20)16-21(26)24-12-10-23(11-13-24)15-18-4-6-19(22)7-5-18/h4-7,20H,2-3,8-17H2,1H3. The summed E-state index contributed by atoms with van der Waals surface area (Å²) in [5.74, 6) is 0.563. The minimum absolute atomic E-state index is 0.0123. The lowest BCUT2D eigenvalue weighted by Gasteiger charge is -2.36. The lowest BCUT2D eigenvalue weighted by atomic mass is 10.2. The summed E-state index contributed by atoms with van der Waals surface area (Å²) in [7, 11) is -2.95. The van der Waals surface area contributed by atoms with Gasteiger partial charge in [0, 0.05) is 43.8 Å². The molecule has 1 aromatic carbocycles. The Morgan fingerprint density at radius 3 is 2.45 bits per heavy atom. The summed E-state index contributed by atoms with van der Waals surface area (Å²) in [5, 5.41) is 0.742. The first-order chi connectivity index (χ1) is 13.9. The third-order valence-electron chi connectivity index (χ3n) is 5.91. The SMILES string of the molecule is CCCCN(CC(=O)N1CCN(Cc2ccc(Cl)cc2)CC1)C1CCS(=O)(=O)C1. The number of benzene rings is 1. The molecule has 2 aliphatic rings. The van der Waals surface area contributed by atoms with Crippen LogP contribution < -0.4 is 0 Å². The molecule has 2 saturated heterocycles. The summed E-state index contributed by atoms with van der Waals surface area (Å²) < 4.78 is 23.8. The van der Waals surface area contributed by atoms with Crippen LogP contribution in [0.5, 0.6) is 0 Å². The van der Waals surface area contributed by atoms with Crippen LogP contribution in [0.25, 0.3) is 0 Å². The number of halogens is 1. The molecule has 0 radical (unpaired) electrons. The number of hydrogen-bond donors (Lipinski definition) is 0. The van der Waals surface area contributed by atoms with E-state index in [1.807, 2.05) is 29.2 Å². The molecule has 8 heteroatoms. The second-order valence-electron chi connectivity index (χ2n) is 8.16. The number of piperazine rings is 1. The lowest BCUT2D eigenvalue weighted by molar-refractivity contribution is -0.134. The van der Waals surface area contributed by atoms with Crippen molar-refractivity contribution in [3.63, 3.8) is 0 Å². The third kappa shape index (κ3) is 6.67. The quantitative estimate of drug-likeness (QED) is 0.619. The van der Waals surface area contributed by atoms with Gasteiger partial charge in [0.25, 0.3) is 0 Å². The van der Waals surface area contributed by atoms with Gasteiger partial charge in [-0.25, -0.2) is 8.42 Å². The van der Waals surface area contributed by atoms with Gasteiger partial charge in [-0.3, -0.25) is 14.6 Å². The van der Waals surface area contributed by atoms with Crippen molar-refractivity contribution in [3.05, 3.63) is 34.9 Å². The van der Waals surface area contributed by atoms with Crippen LogP contribution in [-0.2, 0) is 21.2 Å². The van der Waals surface area contributed by atoms with Crippen LogP contribution in [0.2, 0.25) is 5.02 Å². The number of carbonyl (C=O) groups is 1. The highest BCUT2D eigenvalue weighted by atomic mass is 35.5. The molecule has 0 bridgehead atoms. The first-order valence-electron chi connectivity index (χ1n) is 10.6. The zero-order valence-electron chi connectivity index (χ0n) is 17.2. The molecule has 1 atom stereocenters. The number of rotatable bonds is 8. The summed E-state index contributed by atoms with van der Waals surface area (Å²) in [5.41, 5.74) is 1.22. The number of unbranched alkanes of at least 4 members (excludes halogenated alkanes) is 1. The summed E-state index contributed by atoms with van der Waals surface area (Å²) in [6.07, 6.45) is 2.67. The fraction of sp³-hybridized carbons (Fsp3) is 0.667. The summed E-state index contributed by atoms with van der Waals surface area (Å²) in [6.45, 7) is 7.24. The predicted molar refractivity (Wildman–Crippen MR) is 117 cm³/mol. The topological polar surface area (TPSA) is 60.9 Å². The molecule has 6 nitrogen and oxygen atoms in total. The van der Waals surface area contributed by atoms with E-state index in [0.717, 1.165) is 57.1 Å². The molecule has 1 unspecified atom stereocenters. The Morgan fingerprint density at radius 1 is 1.17 bits per heavy atom. The Kier molecular flexibility index (Phi) is 7.96. The molecule has 162 valence electrons. The van der Waals surface area contributed by atoms with Crippen molar-refractivity contribution >= 4 is 27.3 Å². The molecule has 29 heavy (non-hydrogen) atoms. The van der Waals surface area contributed by atoms with Crippen LogP contribution in [0.3, 0.4) is 0 Å². The highest BCUT2D eigenvalue weighted by Crippen LogP contribution is 2.19. The maximum Gasteiger partial charge on any atom is 0.236 e. The number of amides is 1. The Morgan fingerprint density at radius 2 is 1.86 bits per heavy atom. The van der Waals surface area contributed by atoms with Crippen molar-refractivity contribution in [1.29, 1.82) is 0 Å². The van der Waals surface area contributed by atoms with Gasteiger partial charge in [-0.1, -0.05) is 37.1 Å². The second-order valence-corrected chi connectivity index (χ2v) is 10.8. The van der Waals surface area contributed by atoms with Crippen LogP contribution in [0.1, 0.15) is 31.7 Å². The van der Waals surface area contributed by atoms with Crippen molar-refractivity contribution in [2.24, 2.45) is 0 Å². The molecular formula is C21H32ClN3O3S. The molecule has 2 fully saturated rings. The molecule has 2 aliphatic heterocycles. The third-order valence-corrected chi connectivity index (χ3v) is 7.91. The number of sulfone groups is 1. The summed E-state index contributed by atoms with van der Waals surface area (Å²) in [4.78, 5) is 19.3. The van der Waals surface area contributed by atoms with Gasteiger partial charge in [-0.2, -0.15) is 0 Å². The highest BCUT2D eigenvalue weighted by molar-refractivity contribution is 7.91. The Hall–Kier alpha value is -1.15. The van der Waals surface area contributed by atoms with E-state index in [2.05, 4.69) is 16.7 Å². The Balaban J connectivity index is 1.49. The van der Waals surface area contributed by atoms with Gasteiger partial charge in [0.05, 0.1) is 18.1 Å². The first-order valence-corrected chi connectivity index (χ1v) is 12.8. The van der Waals surface area contributed by atoms with E-state index in [1.54, 1.807) is 0 Å². The van der Waals surface area contributed by atoms with Gasteiger partial charge in [0.2, 0.25) is 5.91 Å². The maximum atomic E-state index is 12.9. The lowest BCUT2D eigenvalue weighted by Crippen LogP contribution is -2.52. The van der Waals surface area contributed by atoms with Crippen molar-refractivity contribution < 1.29 is 13.2 Å². The van der Waals surface area contributed by atoms with Gasteiger partial charge in [0.1, 0.15) is 0 Å². The molecule has 0 saturated carbocycles. The average molecular weight is 442 g/mol. The molecule has 1 amide bonds. The average Bonchev–Trinajstić information content (AvgIpc) is 3.07. The van der Waals surface area contributed by atoms with Crippen LogP contribution >= 0.6 is 11.6 Å². The molecule has 1 aromatic rings. The molecule has 0 N–H and O–H groups in total. The van der Waals surface area contributed by atoms with Gasteiger partial charge < -0.3 is 4.90 Å². The van der Waals surface area contributed by atoms with E-state index < -0.39 is 9.84 Å². The maximum absolute atomic E-state index is 12.9. The normalized spacial score (nSPS) is 22.3. The van der Waals surface area contributed by atoms with Crippen LogP contribution in [-0.4, -0.2) is 85.8 Å². The Bertz CT molecular complexity index is 777. The van der Waals surface area contributed by atoms with Crippen molar-refractivity contribution in [2.45, 2.75) is 38.8 Å². The van der Waals surface area contributed by atoms with E-state index >= 15 is 0 Å². The summed E-state index contributed by atoms with van der Waals surface area (Å²) in [6, 6.07) is 7.89. The highest BCUT2D eigenvalue weighted by Gasteiger charge is 2.33. The van der Waals surface area contributed by atoms with E-state index in [9.17, 15) is 13.2 Å². The van der Waals surface area contributed by atoms with Crippen LogP contribution in [0.4, 0.5) is 0 Å². The van der Waals surface area contributed by atoms with Crippen molar-refractivity contribution in [1.82, 2.24) is 14.7 Å². The van der Waals surface area contributed by atoms with E-state index in [0.29, 0.717) is 13.0 Å². The van der Waals surface area contributed by atoms with Gasteiger partial charge in [0.15, 0.2) is 9.84 Å². The van der Waals surface area contributed by atoms with E-state index in [-0.39, 0.29) is 23.5 Å². The minimum Gasteiger partial charge on any atom is -0.339 e. The monoisotopic (exact) mass is 441 g/mol. The fourth-order valence-corrected chi connectivity index (χ4v) is 5.98. The number of carbonyl (C=O) groups excluding carboxylic acids is 1. The molecule has 2 heterocycles. The van der Waals surface area contributed by atoms with Crippen molar-refractivity contribution in [2.75, 3.05) is 50.8 Å². The Labute approximate surface area is 179 Å². The van der Waals surface area contributed by atoms with E-state index in [1.165, 1.54) is 5.56 Å². The number of nitrogens with zero attached hydrogens (tertiary/aromatic N) is 3. The zero-order valence-corrected chi connectivity index (χ0v) is 18.8. The van der Waals surface area contributed by atoms with Gasteiger partial charge in [-0.15, -0.1) is 0 Å². The van der Waals surface area contributed by atoms with Crippen molar-refractivity contribution in [3.8, 4) is 0 Å². The molecule has 0 spiro atoms. The smallest absolute Gasteiger partial charge is 0.236 e. The van der Waals surface area contributed by atoms with Gasteiger partial charge >= 0.3 is 0 Å². The van der Waals surface area contributed by atoms with Crippen LogP contribution in [0, 0.1) is 0 Å².